The van der Waals surface area contributed by atoms with E-state index < -0.39 is 11.6 Å². The molecule has 178 valence electrons. The van der Waals surface area contributed by atoms with Crippen molar-refractivity contribution < 1.29 is 14.7 Å². The van der Waals surface area contributed by atoms with Crippen LogP contribution in [0, 0.1) is 12.8 Å². The highest BCUT2D eigenvalue weighted by atomic mass is 32.1. The largest absolute Gasteiger partial charge is 0.389 e. The number of amides is 3. The van der Waals surface area contributed by atoms with Gasteiger partial charge in [-0.15, -0.1) is 11.3 Å². The molecule has 9 heteroatoms. The van der Waals surface area contributed by atoms with E-state index in [2.05, 4.69) is 15.6 Å². The van der Waals surface area contributed by atoms with Gasteiger partial charge < -0.3 is 14.6 Å². The van der Waals surface area contributed by atoms with E-state index >= 15 is 0 Å². The van der Waals surface area contributed by atoms with Gasteiger partial charge in [-0.1, -0.05) is 13.8 Å². The topological polar surface area (TPSA) is 99.5 Å². The highest BCUT2D eigenvalue weighted by Crippen LogP contribution is 2.28. The SMILES string of the molecule is CCC(CC)C(=O)N(C)c1ccc2c(c1)nc(NC(=O)Nc1ccc(C)s1)n2CC(C)(C)O. The van der Waals surface area contributed by atoms with Crippen molar-refractivity contribution in [3.8, 4) is 0 Å². The van der Waals surface area contributed by atoms with E-state index in [-0.39, 0.29) is 18.4 Å². The number of carbonyl (C=O) groups excluding carboxylic acids is 2. The first-order valence-corrected chi connectivity index (χ1v) is 12.0. The summed E-state index contributed by atoms with van der Waals surface area (Å²) in [5.74, 6) is 0.364. The highest BCUT2D eigenvalue weighted by Gasteiger charge is 2.23. The Morgan fingerprint density at radius 1 is 1.18 bits per heavy atom. The van der Waals surface area contributed by atoms with Crippen molar-refractivity contribution in [3.63, 3.8) is 0 Å². The lowest BCUT2D eigenvalue weighted by Crippen LogP contribution is -2.32. The number of rotatable bonds is 8. The number of aryl methyl sites for hydroxylation is 1. The molecule has 0 saturated carbocycles. The van der Waals surface area contributed by atoms with Gasteiger partial charge >= 0.3 is 6.03 Å². The summed E-state index contributed by atoms with van der Waals surface area (Å²) in [6.45, 7) is 9.64. The van der Waals surface area contributed by atoms with E-state index in [9.17, 15) is 14.7 Å². The van der Waals surface area contributed by atoms with Crippen LogP contribution in [0.3, 0.4) is 0 Å². The number of hydrogen-bond donors (Lipinski definition) is 3. The number of thiophene rings is 1. The molecule has 2 aromatic heterocycles. The van der Waals surface area contributed by atoms with Crippen molar-refractivity contribution in [2.75, 3.05) is 22.6 Å². The van der Waals surface area contributed by atoms with Crippen LogP contribution in [-0.2, 0) is 11.3 Å². The number of nitrogens with zero attached hydrogens (tertiary/aromatic N) is 3. The average molecular weight is 472 g/mol. The minimum absolute atomic E-state index is 0.0275. The molecule has 0 spiro atoms. The zero-order chi connectivity index (χ0) is 24.3. The van der Waals surface area contributed by atoms with Gasteiger partial charge in [-0.2, -0.15) is 0 Å². The van der Waals surface area contributed by atoms with Crippen molar-refractivity contribution in [1.29, 1.82) is 0 Å². The normalized spacial score (nSPS) is 11.8. The maximum absolute atomic E-state index is 12.8. The monoisotopic (exact) mass is 471 g/mol. The number of anilines is 3. The fraction of sp³-hybridized carbons (Fsp3) is 0.458. The molecule has 33 heavy (non-hydrogen) atoms. The molecule has 3 amide bonds. The Morgan fingerprint density at radius 2 is 1.88 bits per heavy atom. The zero-order valence-electron chi connectivity index (χ0n) is 20.1. The quantitative estimate of drug-likeness (QED) is 0.419. The Hall–Kier alpha value is -2.91. The van der Waals surface area contributed by atoms with Gasteiger partial charge in [-0.25, -0.2) is 9.78 Å². The van der Waals surface area contributed by atoms with E-state index in [1.54, 1.807) is 30.4 Å². The molecule has 8 nitrogen and oxygen atoms in total. The van der Waals surface area contributed by atoms with Crippen LogP contribution in [0.1, 0.15) is 45.4 Å². The molecule has 1 aromatic carbocycles. The fourth-order valence-corrected chi connectivity index (χ4v) is 4.52. The van der Waals surface area contributed by atoms with Crippen LogP contribution in [0.4, 0.5) is 21.4 Å². The summed E-state index contributed by atoms with van der Waals surface area (Å²) >= 11 is 1.48. The molecule has 0 bridgehead atoms. The second-order valence-electron chi connectivity index (χ2n) is 8.91. The molecule has 3 rings (SSSR count). The van der Waals surface area contributed by atoms with Gasteiger partial charge in [0.15, 0.2) is 0 Å². The predicted octanol–water partition coefficient (Wildman–Crippen LogP) is 5.22. The molecule has 0 fully saturated rings. The minimum Gasteiger partial charge on any atom is -0.389 e. The first-order chi connectivity index (χ1) is 15.5. The van der Waals surface area contributed by atoms with E-state index in [0.717, 1.165) is 33.9 Å². The van der Waals surface area contributed by atoms with Crippen LogP contribution in [0.2, 0.25) is 0 Å². The van der Waals surface area contributed by atoms with E-state index in [4.69, 9.17) is 0 Å². The van der Waals surface area contributed by atoms with E-state index in [0.29, 0.717) is 11.5 Å². The van der Waals surface area contributed by atoms with Crippen LogP contribution in [0.25, 0.3) is 11.0 Å². The van der Waals surface area contributed by atoms with Crippen LogP contribution in [0.15, 0.2) is 30.3 Å². The van der Waals surface area contributed by atoms with E-state index in [1.807, 2.05) is 51.1 Å². The maximum Gasteiger partial charge on any atom is 0.326 e. The van der Waals surface area contributed by atoms with Gasteiger partial charge in [-0.3, -0.25) is 15.4 Å². The summed E-state index contributed by atoms with van der Waals surface area (Å²) in [5.41, 5.74) is 1.10. The summed E-state index contributed by atoms with van der Waals surface area (Å²) in [4.78, 5) is 32.8. The highest BCUT2D eigenvalue weighted by molar-refractivity contribution is 7.16. The first kappa shape index (κ1) is 24.7. The number of imidazole rings is 1. The van der Waals surface area contributed by atoms with Crippen molar-refractivity contribution in [2.45, 2.75) is 59.6 Å². The van der Waals surface area contributed by atoms with Gasteiger partial charge in [0.05, 0.1) is 28.2 Å². The van der Waals surface area contributed by atoms with Crippen LogP contribution < -0.4 is 15.5 Å². The number of aliphatic hydroxyl groups is 1. The van der Waals surface area contributed by atoms with Crippen LogP contribution in [-0.4, -0.2) is 39.2 Å². The molecular weight excluding hydrogens is 438 g/mol. The minimum atomic E-state index is -1.02. The molecule has 0 saturated heterocycles. The molecule has 0 aliphatic heterocycles. The standard InChI is InChI=1S/C24H33N5O3S/c1-7-16(8-2)21(30)28(6)17-10-11-19-18(13-17)25-22(29(19)14-24(4,5)32)27-23(31)26-20-12-9-15(3)33-20/h9-13,16,32H,7-8,14H2,1-6H3,(H2,25,26,27,31). The average Bonchev–Trinajstić information content (AvgIpc) is 3.29. The molecule has 3 aromatic rings. The molecule has 2 heterocycles. The number of nitrogens with one attached hydrogen (secondary N) is 2. The summed E-state index contributed by atoms with van der Waals surface area (Å²) in [7, 11) is 1.77. The third-order valence-corrected chi connectivity index (χ3v) is 6.45. The number of fused-ring (bicyclic) bond motifs is 1. The predicted molar refractivity (Wildman–Crippen MR) is 135 cm³/mol. The van der Waals surface area contributed by atoms with Gasteiger partial charge in [-0.05, 0) is 63.9 Å². The lowest BCUT2D eigenvalue weighted by molar-refractivity contribution is -0.122. The third kappa shape index (κ3) is 5.91. The summed E-state index contributed by atoms with van der Waals surface area (Å²) in [5, 5.41) is 16.8. The van der Waals surface area contributed by atoms with Crippen molar-refractivity contribution in [2.24, 2.45) is 5.92 Å². The Balaban J connectivity index is 1.93. The zero-order valence-corrected chi connectivity index (χ0v) is 20.9. The van der Waals surface area contributed by atoms with Crippen LogP contribution in [0.5, 0.6) is 0 Å². The summed E-state index contributed by atoms with van der Waals surface area (Å²) < 4.78 is 1.78. The fourth-order valence-electron chi connectivity index (χ4n) is 3.75. The molecule has 0 aliphatic carbocycles. The summed E-state index contributed by atoms with van der Waals surface area (Å²) in [6.07, 6.45) is 1.57. The summed E-state index contributed by atoms with van der Waals surface area (Å²) in [6, 6.07) is 8.94. The molecular formula is C24H33N5O3S. The molecule has 0 radical (unpaired) electrons. The van der Waals surface area contributed by atoms with Gasteiger partial charge in [0, 0.05) is 23.5 Å². The molecule has 0 aliphatic rings. The van der Waals surface area contributed by atoms with Crippen LogP contribution >= 0.6 is 11.3 Å². The lowest BCUT2D eigenvalue weighted by atomic mass is 10.0. The van der Waals surface area contributed by atoms with Crippen molar-refractivity contribution >= 4 is 50.9 Å². The molecule has 0 unspecified atom stereocenters. The Kier molecular flexibility index (Phi) is 7.44. The van der Waals surface area contributed by atoms with Gasteiger partial charge in [0.2, 0.25) is 11.9 Å². The molecule has 3 N–H and O–H groups in total. The van der Waals surface area contributed by atoms with E-state index in [1.165, 1.54) is 11.3 Å². The molecule has 0 atom stereocenters. The number of carbonyl (C=O) groups is 2. The van der Waals surface area contributed by atoms with Gasteiger partial charge in [0.25, 0.3) is 0 Å². The Morgan fingerprint density at radius 3 is 2.45 bits per heavy atom. The van der Waals surface area contributed by atoms with Crippen molar-refractivity contribution in [3.05, 3.63) is 35.2 Å². The lowest BCUT2D eigenvalue weighted by Gasteiger charge is -2.22. The second kappa shape index (κ2) is 9.93. The number of aromatic nitrogens is 2. The maximum atomic E-state index is 12.8. The second-order valence-corrected chi connectivity index (χ2v) is 10.2. The first-order valence-electron chi connectivity index (χ1n) is 11.2. The Labute approximate surface area is 198 Å². The third-order valence-electron chi connectivity index (χ3n) is 5.53. The smallest absolute Gasteiger partial charge is 0.326 e. The number of urea groups is 1. The van der Waals surface area contributed by atoms with Gasteiger partial charge in [0.1, 0.15) is 0 Å². The number of benzene rings is 1. The van der Waals surface area contributed by atoms with Crippen molar-refractivity contribution in [1.82, 2.24) is 9.55 Å². The Bertz CT molecular complexity index is 1140. The number of hydrogen-bond acceptors (Lipinski definition) is 5.